The topological polar surface area (TPSA) is 58.4 Å². The summed E-state index contributed by atoms with van der Waals surface area (Å²) in [6, 6.07) is 7.68. The van der Waals surface area contributed by atoms with Crippen LogP contribution in [0.2, 0.25) is 0 Å². The number of anilines is 1. The van der Waals surface area contributed by atoms with E-state index in [1.807, 2.05) is 54.0 Å². The summed E-state index contributed by atoms with van der Waals surface area (Å²) in [5, 5.41) is 8.73. The quantitative estimate of drug-likeness (QED) is 0.847. The van der Waals surface area contributed by atoms with Gasteiger partial charge in [0.05, 0.1) is 6.54 Å². The van der Waals surface area contributed by atoms with Gasteiger partial charge in [0, 0.05) is 38.3 Å². The minimum Gasteiger partial charge on any atom is -0.478 e. The van der Waals surface area contributed by atoms with Crippen LogP contribution < -0.4 is 4.90 Å². The Hall–Kier alpha value is -2.56. The minimum atomic E-state index is -0.952. The molecule has 1 heterocycles. The number of aryl methyl sites for hydroxylation is 1. The maximum absolute atomic E-state index is 10.6. The molecule has 2 rings (SSSR count). The number of hydrogen-bond acceptors (Lipinski definition) is 3. The fraction of sp³-hybridized carbons (Fsp3) is 0.200. The Balaban J connectivity index is 2.23. The van der Waals surface area contributed by atoms with Crippen LogP contribution in [0.15, 0.2) is 42.7 Å². The number of aromatic nitrogens is 2. The van der Waals surface area contributed by atoms with Crippen molar-refractivity contribution in [3.8, 4) is 0 Å². The first-order valence-electron chi connectivity index (χ1n) is 6.25. The SMILES string of the molecule is CN(Cc1nccn1C)c1ccccc1C=CC(=O)O. The van der Waals surface area contributed by atoms with Crippen molar-refractivity contribution < 1.29 is 9.90 Å². The van der Waals surface area contributed by atoms with Crippen LogP contribution in [0, 0.1) is 0 Å². The van der Waals surface area contributed by atoms with Crippen LogP contribution in [0.3, 0.4) is 0 Å². The standard InChI is InChI=1S/C15H17N3O2/c1-17-10-9-16-14(17)11-18(2)13-6-4-3-5-12(13)7-8-15(19)20/h3-10H,11H2,1-2H3,(H,19,20). The van der Waals surface area contributed by atoms with Gasteiger partial charge in [0.25, 0.3) is 0 Å². The molecular formula is C15H17N3O2. The van der Waals surface area contributed by atoms with Gasteiger partial charge in [0.1, 0.15) is 5.82 Å². The lowest BCUT2D eigenvalue weighted by Gasteiger charge is -2.21. The molecule has 0 bridgehead atoms. The Morgan fingerprint density at radius 2 is 2.20 bits per heavy atom. The van der Waals surface area contributed by atoms with E-state index >= 15 is 0 Å². The predicted molar refractivity (Wildman–Crippen MR) is 78.4 cm³/mol. The first kappa shape index (κ1) is 13.9. The lowest BCUT2D eigenvalue weighted by atomic mass is 10.1. The van der Waals surface area contributed by atoms with Crippen molar-refractivity contribution >= 4 is 17.7 Å². The molecule has 1 aromatic carbocycles. The van der Waals surface area contributed by atoms with E-state index in [-0.39, 0.29) is 0 Å². The highest BCUT2D eigenvalue weighted by Crippen LogP contribution is 2.21. The monoisotopic (exact) mass is 271 g/mol. The third kappa shape index (κ3) is 3.26. The zero-order valence-corrected chi connectivity index (χ0v) is 11.5. The Morgan fingerprint density at radius 3 is 2.85 bits per heavy atom. The van der Waals surface area contributed by atoms with Gasteiger partial charge in [-0.3, -0.25) is 0 Å². The zero-order chi connectivity index (χ0) is 14.5. The Bertz CT molecular complexity index is 632. The number of carboxylic acids is 1. The molecule has 0 aliphatic carbocycles. The second-order valence-electron chi connectivity index (χ2n) is 4.54. The third-order valence-electron chi connectivity index (χ3n) is 3.05. The van der Waals surface area contributed by atoms with Crippen LogP contribution in [0.5, 0.6) is 0 Å². The normalized spacial score (nSPS) is 10.9. The molecule has 20 heavy (non-hydrogen) atoms. The van der Waals surface area contributed by atoms with Gasteiger partial charge >= 0.3 is 5.97 Å². The van der Waals surface area contributed by atoms with Crippen molar-refractivity contribution in [3.05, 3.63) is 54.1 Å². The summed E-state index contributed by atoms with van der Waals surface area (Å²) >= 11 is 0. The molecule has 0 spiro atoms. The van der Waals surface area contributed by atoms with Crippen LogP contribution in [0.25, 0.3) is 6.08 Å². The fourth-order valence-electron chi connectivity index (χ4n) is 1.98. The lowest BCUT2D eigenvalue weighted by Crippen LogP contribution is -2.19. The summed E-state index contributed by atoms with van der Waals surface area (Å²) in [4.78, 5) is 17.0. The molecule has 0 saturated heterocycles. The van der Waals surface area contributed by atoms with E-state index in [2.05, 4.69) is 4.98 Å². The second-order valence-corrected chi connectivity index (χ2v) is 4.54. The average Bonchev–Trinajstić information content (AvgIpc) is 2.82. The molecule has 0 unspecified atom stereocenters. The molecule has 1 aromatic heterocycles. The van der Waals surface area contributed by atoms with Gasteiger partial charge in [0.2, 0.25) is 0 Å². The highest BCUT2D eigenvalue weighted by Gasteiger charge is 2.08. The maximum atomic E-state index is 10.6. The molecule has 1 N–H and O–H groups in total. The van der Waals surface area contributed by atoms with E-state index in [9.17, 15) is 4.79 Å². The minimum absolute atomic E-state index is 0.654. The Morgan fingerprint density at radius 1 is 1.45 bits per heavy atom. The maximum Gasteiger partial charge on any atom is 0.328 e. The largest absolute Gasteiger partial charge is 0.478 e. The summed E-state index contributed by atoms with van der Waals surface area (Å²) in [5.41, 5.74) is 1.83. The Labute approximate surface area is 117 Å². The van der Waals surface area contributed by atoms with E-state index in [1.54, 1.807) is 12.3 Å². The van der Waals surface area contributed by atoms with Crippen LogP contribution in [0.1, 0.15) is 11.4 Å². The third-order valence-corrected chi connectivity index (χ3v) is 3.05. The smallest absolute Gasteiger partial charge is 0.328 e. The van der Waals surface area contributed by atoms with E-state index in [0.29, 0.717) is 6.54 Å². The lowest BCUT2D eigenvalue weighted by molar-refractivity contribution is -0.131. The van der Waals surface area contributed by atoms with Crippen molar-refractivity contribution in [1.29, 1.82) is 0 Å². The molecule has 5 nitrogen and oxygen atoms in total. The number of benzene rings is 1. The summed E-state index contributed by atoms with van der Waals surface area (Å²) in [5.74, 6) is -0.00363. The highest BCUT2D eigenvalue weighted by atomic mass is 16.4. The van der Waals surface area contributed by atoms with Crippen LogP contribution in [-0.2, 0) is 18.4 Å². The molecule has 0 saturated carbocycles. The molecule has 0 aliphatic heterocycles. The van der Waals surface area contributed by atoms with Crippen molar-refractivity contribution in [3.63, 3.8) is 0 Å². The Kier molecular flexibility index (Phi) is 4.20. The number of nitrogens with zero attached hydrogens (tertiary/aromatic N) is 3. The number of carboxylic acid groups (broad SMARTS) is 1. The molecule has 2 aromatic rings. The van der Waals surface area contributed by atoms with E-state index in [4.69, 9.17) is 5.11 Å². The van der Waals surface area contributed by atoms with E-state index in [1.165, 1.54) is 0 Å². The number of aliphatic carboxylic acids is 1. The first-order chi connectivity index (χ1) is 9.58. The number of carbonyl (C=O) groups is 1. The van der Waals surface area contributed by atoms with E-state index < -0.39 is 5.97 Å². The molecule has 0 fully saturated rings. The van der Waals surface area contributed by atoms with Crippen molar-refractivity contribution in [2.24, 2.45) is 7.05 Å². The molecule has 0 aliphatic rings. The van der Waals surface area contributed by atoms with Gasteiger partial charge in [0.15, 0.2) is 0 Å². The first-order valence-corrected chi connectivity index (χ1v) is 6.25. The summed E-state index contributed by atoms with van der Waals surface area (Å²) in [6.45, 7) is 0.654. The summed E-state index contributed by atoms with van der Waals surface area (Å²) < 4.78 is 1.96. The van der Waals surface area contributed by atoms with E-state index in [0.717, 1.165) is 23.2 Å². The van der Waals surface area contributed by atoms with Gasteiger partial charge in [-0.2, -0.15) is 0 Å². The summed E-state index contributed by atoms with van der Waals surface area (Å²) in [7, 11) is 3.91. The van der Waals surface area contributed by atoms with Gasteiger partial charge < -0.3 is 14.6 Å². The molecule has 0 radical (unpaired) electrons. The highest BCUT2D eigenvalue weighted by molar-refractivity contribution is 5.86. The molecule has 5 heteroatoms. The van der Waals surface area contributed by atoms with Crippen molar-refractivity contribution in [2.45, 2.75) is 6.54 Å². The predicted octanol–water partition coefficient (Wildman–Crippen LogP) is 2.15. The number of hydrogen-bond donors (Lipinski definition) is 1. The van der Waals surface area contributed by atoms with Crippen LogP contribution in [0.4, 0.5) is 5.69 Å². The molecule has 0 atom stereocenters. The van der Waals surface area contributed by atoms with Gasteiger partial charge in [-0.15, -0.1) is 0 Å². The van der Waals surface area contributed by atoms with Gasteiger partial charge in [-0.1, -0.05) is 18.2 Å². The van der Waals surface area contributed by atoms with Crippen LogP contribution >= 0.6 is 0 Å². The van der Waals surface area contributed by atoms with Gasteiger partial charge in [-0.05, 0) is 17.7 Å². The van der Waals surface area contributed by atoms with Crippen molar-refractivity contribution in [1.82, 2.24) is 9.55 Å². The second kappa shape index (κ2) is 6.06. The molecular weight excluding hydrogens is 254 g/mol. The molecule has 0 amide bonds. The summed E-state index contributed by atoms with van der Waals surface area (Å²) in [6.07, 6.45) is 6.42. The molecule has 104 valence electrons. The zero-order valence-electron chi connectivity index (χ0n) is 11.5. The fourth-order valence-corrected chi connectivity index (χ4v) is 1.98. The van der Waals surface area contributed by atoms with Crippen LogP contribution in [-0.4, -0.2) is 27.7 Å². The van der Waals surface area contributed by atoms with Gasteiger partial charge in [-0.25, -0.2) is 9.78 Å². The van der Waals surface area contributed by atoms with Crippen molar-refractivity contribution in [2.75, 3.05) is 11.9 Å². The average molecular weight is 271 g/mol. The number of imidazole rings is 1. The number of rotatable bonds is 5. The number of para-hydroxylation sites is 1.